The summed E-state index contributed by atoms with van der Waals surface area (Å²) in [6.45, 7) is 5.89. The SMILES string of the molecule is O=C(C1CCN(Cc2nc3ccccc3[nH]2)CC1)N1CCN(c2ccccc2Cl)CC1. The number of amides is 1. The number of anilines is 1. The number of carbonyl (C=O) groups excluding carboxylic acids is 1. The van der Waals surface area contributed by atoms with Crippen LogP contribution in [0.15, 0.2) is 48.5 Å². The summed E-state index contributed by atoms with van der Waals surface area (Å²) in [6, 6.07) is 16.1. The molecule has 162 valence electrons. The number of carbonyl (C=O) groups is 1. The largest absolute Gasteiger partial charge is 0.367 e. The van der Waals surface area contributed by atoms with Gasteiger partial charge < -0.3 is 14.8 Å². The predicted octanol–water partition coefficient (Wildman–Crippen LogP) is 3.78. The monoisotopic (exact) mass is 437 g/mol. The van der Waals surface area contributed by atoms with E-state index in [0.29, 0.717) is 5.91 Å². The molecule has 0 bridgehead atoms. The molecule has 2 aliphatic heterocycles. The number of para-hydroxylation sites is 3. The summed E-state index contributed by atoms with van der Waals surface area (Å²) >= 11 is 6.34. The maximum Gasteiger partial charge on any atom is 0.225 e. The van der Waals surface area contributed by atoms with Crippen LogP contribution in [0.25, 0.3) is 11.0 Å². The molecule has 1 N–H and O–H groups in total. The average molecular weight is 438 g/mol. The van der Waals surface area contributed by atoms with Crippen LogP contribution < -0.4 is 4.90 Å². The van der Waals surface area contributed by atoms with Crippen molar-refractivity contribution < 1.29 is 4.79 Å². The van der Waals surface area contributed by atoms with Crippen LogP contribution in [-0.2, 0) is 11.3 Å². The normalized spacial score (nSPS) is 18.6. The number of likely N-dealkylation sites (tertiary alicyclic amines) is 1. The molecule has 1 aromatic heterocycles. The fraction of sp³-hybridized carbons (Fsp3) is 0.417. The molecule has 3 heterocycles. The fourth-order valence-corrected chi connectivity index (χ4v) is 5.02. The lowest BCUT2D eigenvalue weighted by Crippen LogP contribution is -2.51. The minimum Gasteiger partial charge on any atom is -0.367 e. The number of nitrogens with zero attached hydrogens (tertiary/aromatic N) is 4. The van der Waals surface area contributed by atoms with Crippen molar-refractivity contribution >= 4 is 34.2 Å². The van der Waals surface area contributed by atoms with Crippen molar-refractivity contribution in [2.75, 3.05) is 44.2 Å². The highest BCUT2D eigenvalue weighted by atomic mass is 35.5. The van der Waals surface area contributed by atoms with E-state index in [9.17, 15) is 4.79 Å². The Labute approximate surface area is 187 Å². The first kappa shape index (κ1) is 20.3. The van der Waals surface area contributed by atoms with Gasteiger partial charge in [0.15, 0.2) is 0 Å². The third-order valence-corrected chi connectivity index (χ3v) is 6.85. The quantitative estimate of drug-likeness (QED) is 0.675. The second kappa shape index (κ2) is 8.89. The summed E-state index contributed by atoms with van der Waals surface area (Å²) in [5.41, 5.74) is 3.16. The second-order valence-electron chi connectivity index (χ2n) is 8.51. The van der Waals surface area contributed by atoms with E-state index in [1.54, 1.807) is 0 Å². The highest BCUT2D eigenvalue weighted by Crippen LogP contribution is 2.27. The Bertz CT molecular complexity index is 1020. The number of H-pyrrole nitrogens is 1. The number of fused-ring (bicyclic) bond motifs is 1. The number of imidazole rings is 1. The third kappa shape index (κ3) is 4.41. The Kier molecular flexibility index (Phi) is 5.83. The summed E-state index contributed by atoms with van der Waals surface area (Å²) in [5.74, 6) is 1.46. The molecule has 0 aliphatic carbocycles. The van der Waals surface area contributed by atoms with E-state index in [2.05, 4.69) is 31.9 Å². The van der Waals surface area contributed by atoms with Crippen molar-refractivity contribution in [1.29, 1.82) is 0 Å². The number of halogens is 1. The molecule has 6 nitrogen and oxygen atoms in total. The van der Waals surface area contributed by atoms with E-state index in [-0.39, 0.29) is 5.92 Å². The van der Waals surface area contributed by atoms with Crippen molar-refractivity contribution in [3.8, 4) is 0 Å². The maximum atomic E-state index is 13.1. The summed E-state index contributed by atoms with van der Waals surface area (Å²) in [4.78, 5) is 27.9. The Morgan fingerprint density at radius 2 is 1.68 bits per heavy atom. The van der Waals surface area contributed by atoms with Crippen LogP contribution in [0.4, 0.5) is 5.69 Å². The number of benzene rings is 2. The molecule has 2 fully saturated rings. The zero-order chi connectivity index (χ0) is 21.2. The van der Waals surface area contributed by atoms with Gasteiger partial charge in [-0.25, -0.2) is 4.98 Å². The van der Waals surface area contributed by atoms with Gasteiger partial charge in [-0.1, -0.05) is 35.9 Å². The van der Waals surface area contributed by atoms with Gasteiger partial charge in [0.05, 0.1) is 28.3 Å². The highest BCUT2D eigenvalue weighted by molar-refractivity contribution is 6.33. The minimum atomic E-state index is 0.138. The molecule has 31 heavy (non-hydrogen) atoms. The Balaban J connectivity index is 1.11. The Morgan fingerprint density at radius 3 is 2.42 bits per heavy atom. The number of aromatic nitrogens is 2. The van der Waals surface area contributed by atoms with Crippen LogP contribution in [0.2, 0.25) is 5.02 Å². The van der Waals surface area contributed by atoms with Crippen molar-refractivity contribution in [1.82, 2.24) is 19.8 Å². The molecule has 2 aliphatic rings. The number of aromatic amines is 1. The number of piperazine rings is 1. The first-order chi connectivity index (χ1) is 15.2. The number of hydrogen-bond donors (Lipinski definition) is 1. The van der Waals surface area contributed by atoms with Gasteiger partial charge in [0.1, 0.15) is 5.82 Å². The van der Waals surface area contributed by atoms with Crippen molar-refractivity contribution in [2.24, 2.45) is 5.92 Å². The van der Waals surface area contributed by atoms with Gasteiger partial charge in [0.2, 0.25) is 5.91 Å². The lowest BCUT2D eigenvalue weighted by Gasteiger charge is -2.39. The molecule has 2 saturated heterocycles. The zero-order valence-corrected chi connectivity index (χ0v) is 18.4. The van der Waals surface area contributed by atoms with E-state index in [4.69, 9.17) is 11.6 Å². The molecule has 0 spiro atoms. The van der Waals surface area contributed by atoms with Crippen LogP contribution in [0.3, 0.4) is 0 Å². The minimum absolute atomic E-state index is 0.138. The summed E-state index contributed by atoms with van der Waals surface area (Å²) in [6.07, 6.45) is 1.84. The van der Waals surface area contributed by atoms with E-state index >= 15 is 0 Å². The van der Waals surface area contributed by atoms with Gasteiger partial charge in [-0.15, -0.1) is 0 Å². The van der Waals surface area contributed by atoms with Crippen molar-refractivity contribution in [3.05, 3.63) is 59.4 Å². The number of rotatable bonds is 4. The molecule has 0 atom stereocenters. The predicted molar refractivity (Wildman–Crippen MR) is 124 cm³/mol. The third-order valence-electron chi connectivity index (χ3n) is 6.53. The van der Waals surface area contributed by atoms with Crippen LogP contribution in [0, 0.1) is 5.92 Å². The van der Waals surface area contributed by atoms with E-state index in [1.807, 2.05) is 41.3 Å². The van der Waals surface area contributed by atoms with Gasteiger partial charge in [0, 0.05) is 32.1 Å². The second-order valence-corrected chi connectivity index (χ2v) is 8.92. The summed E-state index contributed by atoms with van der Waals surface area (Å²) < 4.78 is 0. The van der Waals surface area contributed by atoms with Gasteiger partial charge >= 0.3 is 0 Å². The number of hydrogen-bond acceptors (Lipinski definition) is 4. The molecule has 5 rings (SSSR count). The summed E-state index contributed by atoms with van der Waals surface area (Å²) in [5, 5.41) is 0.777. The lowest BCUT2D eigenvalue weighted by molar-refractivity contribution is -0.137. The molecular weight excluding hydrogens is 410 g/mol. The van der Waals surface area contributed by atoms with E-state index < -0.39 is 0 Å². The van der Waals surface area contributed by atoms with Crippen LogP contribution in [-0.4, -0.2) is 64.9 Å². The van der Waals surface area contributed by atoms with Crippen LogP contribution >= 0.6 is 11.6 Å². The zero-order valence-electron chi connectivity index (χ0n) is 17.6. The van der Waals surface area contributed by atoms with Crippen LogP contribution in [0.1, 0.15) is 18.7 Å². The van der Waals surface area contributed by atoms with Crippen molar-refractivity contribution in [2.45, 2.75) is 19.4 Å². The lowest BCUT2D eigenvalue weighted by atomic mass is 9.95. The molecule has 0 saturated carbocycles. The molecule has 1 amide bonds. The van der Waals surface area contributed by atoms with Gasteiger partial charge in [-0.3, -0.25) is 9.69 Å². The maximum absolute atomic E-state index is 13.1. The first-order valence-corrected chi connectivity index (χ1v) is 11.5. The summed E-state index contributed by atoms with van der Waals surface area (Å²) in [7, 11) is 0. The topological polar surface area (TPSA) is 55.5 Å². The molecular formula is C24H28ClN5O. The number of nitrogens with one attached hydrogen (secondary N) is 1. The molecule has 7 heteroatoms. The molecule has 3 aromatic rings. The van der Waals surface area contributed by atoms with Gasteiger partial charge in [-0.2, -0.15) is 0 Å². The fourth-order valence-electron chi connectivity index (χ4n) is 4.76. The Hall–Kier alpha value is -2.57. The van der Waals surface area contributed by atoms with Crippen molar-refractivity contribution in [3.63, 3.8) is 0 Å². The van der Waals surface area contributed by atoms with E-state index in [0.717, 1.165) is 86.2 Å². The van der Waals surface area contributed by atoms with Gasteiger partial charge in [-0.05, 0) is 50.2 Å². The van der Waals surface area contributed by atoms with Gasteiger partial charge in [0.25, 0.3) is 0 Å². The molecule has 0 unspecified atom stereocenters. The van der Waals surface area contributed by atoms with Crippen LogP contribution in [0.5, 0.6) is 0 Å². The average Bonchev–Trinajstić information content (AvgIpc) is 3.22. The molecule has 0 radical (unpaired) electrons. The smallest absolute Gasteiger partial charge is 0.225 e. The van der Waals surface area contributed by atoms with E-state index in [1.165, 1.54) is 0 Å². The first-order valence-electron chi connectivity index (χ1n) is 11.1. The standard InChI is InChI=1S/C24H28ClN5O/c25-19-5-1-4-8-22(19)29-13-15-30(16-14-29)24(31)18-9-11-28(12-10-18)17-23-26-20-6-2-3-7-21(20)27-23/h1-8,18H,9-17H2,(H,26,27). The Morgan fingerprint density at radius 1 is 0.968 bits per heavy atom. The molecule has 2 aromatic carbocycles. The number of piperidine rings is 1. The highest BCUT2D eigenvalue weighted by Gasteiger charge is 2.31.